The highest BCUT2D eigenvalue weighted by atomic mass is 35.5. The summed E-state index contributed by atoms with van der Waals surface area (Å²) in [5.41, 5.74) is 0.462. The van der Waals surface area contributed by atoms with Crippen LogP contribution in [0.4, 0.5) is 5.69 Å². The Morgan fingerprint density at radius 3 is 2.76 bits per heavy atom. The van der Waals surface area contributed by atoms with E-state index in [1.807, 2.05) is 0 Å². The molecule has 0 spiro atoms. The van der Waals surface area contributed by atoms with Crippen molar-refractivity contribution >= 4 is 46.5 Å². The van der Waals surface area contributed by atoms with Gasteiger partial charge in [0.25, 0.3) is 5.90 Å². The highest BCUT2D eigenvalue weighted by molar-refractivity contribution is 6.51. The molecule has 0 fully saturated rings. The first-order valence-corrected chi connectivity index (χ1v) is 5.22. The quantitative estimate of drug-likeness (QED) is 0.897. The third-order valence-corrected chi connectivity index (χ3v) is 2.85. The molecular formula is C10H5Cl2NO4. The van der Waals surface area contributed by atoms with Gasteiger partial charge in [-0.15, -0.1) is 0 Å². The lowest BCUT2D eigenvalue weighted by molar-refractivity contribution is -0.139. The lowest BCUT2D eigenvalue weighted by Gasteiger charge is -1.99. The topological polar surface area (TPSA) is 76.0 Å². The molecule has 0 unspecified atom stereocenters. The Balaban J connectivity index is 2.34. The summed E-state index contributed by atoms with van der Waals surface area (Å²) in [6.45, 7) is -0.635. The molecule has 1 heterocycles. The molecule has 0 saturated heterocycles. The Morgan fingerprint density at radius 1 is 1.41 bits per heavy atom. The highest BCUT2D eigenvalue weighted by Crippen LogP contribution is 2.38. The average Bonchev–Trinajstić information content (AvgIpc) is 2.59. The molecule has 2 rings (SSSR count). The lowest BCUT2D eigenvalue weighted by Crippen LogP contribution is -2.18. The van der Waals surface area contributed by atoms with Gasteiger partial charge in [0.05, 0.1) is 21.3 Å². The monoisotopic (exact) mass is 273 g/mol. The van der Waals surface area contributed by atoms with Gasteiger partial charge in [0.1, 0.15) is 0 Å². The summed E-state index contributed by atoms with van der Waals surface area (Å²) in [4.78, 5) is 25.9. The molecule has 1 aliphatic heterocycles. The highest BCUT2D eigenvalue weighted by Gasteiger charge is 2.29. The van der Waals surface area contributed by atoms with E-state index in [9.17, 15) is 9.59 Å². The number of hydrogen-bond acceptors (Lipinski definition) is 4. The van der Waals surface area contributed by atoms with Crippen molar-refractivity contribution in [3.05, 3.63) is 27.7 Å². The van der Waals surface area contributed by atoms with Crippen LogP contribution in [0, 0.1) is 0 Å². The molecule has 0 atom stereocenters. The molecule has 5 nitrogen and oxygen atoms in total. The van der Waals surface area contributed by atoms with E-state index in [4.69, 9.17) is 33.0 Å². The van der Waals surface area contributed by atoms with Gasteiger partial charge in [-0.05, 0) is 12.1 Å². The predicted molar refractivity (Wildman–Crippen MR) is 61.5 cm³/mol. The number of aliphatic carboxylic acids is 1. The Kier molecular flexibility index (Phi) is 3.04. The Bertz CT molecular complexity index is 553. The molecule has 0 bridgehead atoms. The SMILES string of the molecule is O=C(O)COC1=Nc2c(ccc(Cl)c2Cl)C1=O. The van der Waals surface area contributed by atoms with Gasteiger partial charge in [0.15, 0.2) is 6.61 Å². The van der Waals surface area contributed by atoms with Crippen molar-refractivity contribution in [2.45, 2.75) is 0 Å². The largest absolute Gasteiger partial charge is 0.479 e. The van der Waals surface area contributed by atoms with Crippen LogP contribution in [0.2, 0.25) is 10.0 Å². The number of carbonyl (C=O) groups excluding carboxylic acids is 1. The standard InChI is InChI=1S/C10H5Cl2NO4/c11-5-2-1-4-8(7(5)12)13-10(9(4)16)17-3-6(14)15/h1-2H,3H2,(H,14,15). The third-order valence-electron chi connectivity index (χ3n) is 2.05. The summed E-state index contributed by atoms with van der Waals surface area (Å²) in [6, 6.07) is 2.93. The number of carboxylic acid groups (broad SMARTS) is 1. The predicted octanol–water partition coefficient (Wildman–Crippen LogP) is 2.32. The molecule has 1 aliphatic rings. The number of carbonyl (C=O) groups is 2. The minimum Gasteiger partial charge on any atom is -0.479 e. The zero-order chi connectivity index (χ0) is 12.6. The first-order valence-electron chi connectivity index (χ1n) is 4.46. The third kappa shape index (κ3) is 2.11. The molecule has 7 heteroatoms. The molecule has 0 radical (unpaired) electrons. The number of benzene rings is 1. The summed E-state index contributed by atoms with van der Waals surface area (Å²) in [5.74, 6) is -1.98. The van der Waals surface area contributed by atoms with E-state index in [1.165, 1.54) is 12.1 Å². The maximum Gasteiger partial charge on any atom is 0.341 e. The summed E-state index contributed by atoms with van der Waals surface area (Å²) < 4.78 is 4.75. The van der Waals surface area contributed by atoms with Gasteiger partial charge in [-0.25, -0.2) is 9.79 Å². The van der Waals surface area contributed by atoms with Crippen molar-refractivity contribution < 1.29 is 19.4 Å². The van der Waals surface area contributed by atoms with Crippen LogP contribution >= 0.6 is 23.2 Å². The van der Waals surface area contributed by atoms with E-state index in [0.29, 0.717) is 0 Å². The number of nitrogens with zero attached hydrogens (tertiary/aromatic N) is 1. The number of ketones is 1. The zero-order valence-electron chi connectivity index (χ0n) is 8.24. The van der Waals surface area contributed by atoms with Crippen LogP contribution < -0.4 is 0 Å². The maximum atomic E-state index is 11.7. The van der Waals surface area contributed by atoms with Crippen molar-refractivity contribution in [3.63, 3.8) is 0 Å². The molecule has 1 aromatic carbocycles. The van der Waals surface area contributed by atoms with Crippen LogP contribution in [0.3, 0.4) is 0 Å². The minimum absolute atomic E-state index is 0.145. The minimum atomic E-state index is -1.19. The summed E-state index contributed by atoms with van der Waals surface area (Å²) in [5, 5.41) is 8.85. The number of aliphatic imine (C=N–C) groups is 1. The van der Waals surface area contributed by atoms with Crippen molar-refractivity contribution in [1.82, 2.24) is 0 Å². The van der Waals surface area contributed by atoms with Gasteiger partial charge >= 0.3 is 5.97 Å². The molecule has 17 heavy (non-hydrogen) atoms. The van der Waals surface area contributed by atoms with Crippen LogP contribution in [0.15, 0.2) is 17.1 Å². The lowest BCUT2D eigenvalue weighted by atomic mass is 10.1. The number of carboxylic acids is 1. The van der Waals surface area contributed by atoms with Crippen LogP contribution in [-0.2, 0) is 9.53 Å². The Morgan fingerprint density at radius 2 is 2.12 bits per heavy atom. The molecule has 88 valence electrons. The van der Waals surface area contributed by atoms with Crippen molar-refractivity contribution in [1.29, 1.82) is 0 Å². The number of rotatable bonds is 2. The summed E-state index contributed by atoms with van der Waals surface area (Å²) >= 11 is 11.6. The number of hydrogen-bond donors (Lipinski definition) is 1. The zero-order valence-corrected chi connectivity index (χ0v) is 9.75. The first-order chi connectivity index (χ1) is 8.00. The number of Topliss-reactive ketones (excluding diaryl/α,β-unsaturated/α-hetero) is 1. The maximum absolute atomic E-state index is 11.7. The molecule has 0 aromatic heterocycles. The molecule has 0 aliphatic carbocycles. The van der Waals surface area contributed by atoms with E-state index in [2.05, 4.69) is 4.99 Å². The van der Waals surface area contributed by atoms with Gasteiger partial charge in [-0.3, -0.25) is 4.79 Å². The molecular weight excluding hydrogens is 269 g/mol. The van der Waals surface area contributed by atoms with Crippen LogP contribution in [0.25, 0.3) is 0 Å². The summed E-state index contributed by atoms with van der Waals surface area (Å²) in [6.07, 6.45) is 0. The molecule has 0 amide bonds. The van der Waals surface area contributed by atoms with E-state index in [-0.39, 0.29) is 27.2 Å². The first kappa shape index (κ1) is 11.9. The smallest absolute Gasteiger partial charge is 0.341 e. The summed E-state index contributed by atoms with van der Waals surface area (Å²) in [7, 11) is 0. The van der Waals surface area contributed by atoms with Crippen molar-refractivity contribution in [3.8, 4) is 0 Å². The second-order valence-electron chi connectivity index (χ2n) is 3.19. The fourth-order valence-corrected chi connectivity index (χ4v) is 1.69. The van der Waals surface area contributed by atoms with Crippen LogP contribution in [0.5, 0.6) is 0 Å². The number of fused-ring (bicyclic) bond motifs is 1. The van der Waals surface area contributed by atoms with E-state index in [1.54, 1.807) is 0 Å². The molecule has 1 N–H and O–H groups in total. The van der Waals surface area contributed by atoms with Gasteiger partial charge in [0, 0.05) is 0 Å². The normalized spacial score (nSPS) is 13.3. The van der Waals surface area contributed by atoms with Gasteiger partial charge in [0.2, 0.25) is 5.78 Å². The Hall–Kier alpha value is -1.59. The average molecular weight is 274 g/mol. The van der Waals surface area contributed by atoms with Crippen molar-refractivity contribution in [2.24, 2.45) is 4.99 Å². The Labute approximate surface area is 106 Å². The van der Waals surface area contributed by atoms with Gasteiger partial charge < -0.3 is 9.84 Å². The second kappa shape index (κ2) is 4.35. The van der Waals surface area contributed by atoms with Crippen molar-refractivity contribution in [2.75, 3.05) is 6.61 Å². The van der Waals surface area contributed by atoms with E-state index >= 15 is 0 Å². The van der Waals surface area contributed by atoms with Crippen LogP contribution in [-0.4, -0.2) is 29.4 Å². The fraction of sp³-hybridized carbons (Fsp3) is 0.100. The van der Waals surface area contributed by atoms with Crippen LogP contribution in [0.1, 0.15) is 10.4 Å². The fourth-order valence-electron chi connectivity index (χ4n) is 1.33. The molecule has 1 aromatic rings. The second-order valence-corrected chi connectivity index (χ2v) is 3.97. The number of halogens is 2. The van der Waals surface area contributed by atoms with Gasteiger partial charge in [-0.1, -0.05) is 23.2 Å². The van der Waals surface area contributed by atoms with E-state index in [0.717, 1.165) is 0 Å². The molecule has 0 saturated carbocycles. The number of ether oxygens (including phenoxy) is 1. The van der Waals surface area contributed by atoms with Gasteiger partial charge in [-0.2, -0.15) is 0 Å². The van der Waals surface area contributed by atoms with E-state index < -0.39 is 18.4 Å².